The molecule has 3 rings (SSSR count). The zero-order valence-electron chi connectivity index (χ0n) is 15.7. The Morgan fingerprint density at radius 2 is 2.00 bits per heavy atom. The molecule has 0 spiro atoms. The van der Waals surface area contributed by atoms with Crippen LogP contribution >= 0.6 is 0 Å². The number of carbonyl (C=O) groups excluding carboxylic acids is 3. The van der Waals surface area contributed by atoms with E-state index >= 15 is 0 Å². The molecule has 0 aliphatic carbocycles. The predicted molar refractivity (Wildman–Crippen MR) is 99.0 cm³/mol. The van der Waals surface area contributed by atoms with Crippen molar-refractivity contribution in [2.75, 3.05) is 26.7 Å². The summed E-state index contributed by atoms with van der Waals surface area (Å²) in [5.41, 5.74) is 5.20. The van der Waals surface area contributed by atoms with Gasteiger partial charge in [0.25, 0.3) is 5.91 Å². The third-order valence-electron chi connectivity index (χ3n) is 5.46. The lowest BCUT2D eigenvalue weighted by atomic mass is 9.92. The number of carbonyl (C=O) groups is 3. The molecule has 2 heterocycles. The number of imide groups is 1. The van der Waals surface area contributed by atoms with E-state index in [1.54, 1.807) is 43.2 Å². The van der Waals surface area contributed by atoms with Gasteiger partial charge < -0.3 is 20.7 Å². The number of nitrogens with one attached hydrogen (secondary N) is 1. The van der Waals surface area contributed by atoms with Crippen LogP contribution in [0.2, 0.25) is 0 Å². The van der Waals surface area contributed by atoms with E-state index in [0.29, 0.717) is 24.4 Å². The minimum atomic E-state index is -1.21. The lowest BCUT2D eigenvalue weighted by Crippen LogP contribution is -2.51. The zero-order chi connectivity index (χ0) is 19.6. The second-order valence-electron chi connectivity index (χ2n) is 7.15. The SMILES string of the molecule is COc1ccc(C2(C)NC(=O)N(CC(=O)N3CCCCC3CN)C2=O)cc1. The molecular formula is C19H26N4O4. The zero-order valence-corrected chi connectivity index (χ0v) is 15.7. The third kappa shape index (κ3) is 3.49. The van der Waals surface area contributed by atoms with Gasteiger partial charge in [-0.1, -0.05) is 12.1 Å². The molecule has 27 heavy (non-hydrogen) atoms. The van der Waals surface area contributed by atoms with Gasteiger partial charge in [0.15, 0.2) is 0 Å². The molecule has 0 radical (unpaired) electrons. The summed E-state index contributed by atoms with van der Waals surface area (Å²) in [6.07, 6.45) is 2.79. The average Bonchev–Trinajstić information content (AvgIpc) is 2.91. The molecule has 3 N–H and O–H groups in total. The van der Waals surface area contributed by atoms with Crippen molar-refractivity contribution in [1.29, 1.82) is 0 Å². The highest BCUT2D eigenvalue weighted by Gasteiger charge is 2.49. The maximum Gasteiger partial charge on any atom is 0.325 e. The minimum absolute atomic E-state index is 0.0278. The summed E-state index contributed by atoms with van der Waals surface area (Å²) in [6, 6.07) is 6.34. The maximum atomic E-state index is 13.0. The smallest absolute Gasteiger partial charge is 0.325 e. The fourth-order valence-electron chi connectivity index (χ4n) is 3.76. The standard InChI is InChI=1S/C19H26N4O4/c1-19(13-6-8-15(27-2)9-7-13)17(25)23(18(26)21-19)12-16(24)22-10-4-3-5-14(22)11-20/h6-9,14H,3-5,10-12,20H2,1-2H3,(H,21,26). The first-order valence-corrected chi connectivity index (χ1v) is 9.19. The van der Waals surface area contributed by atoms with Crippen LogP contribution in [0.5, 0.6) is 5.75 Å². The fourth-order valence-corrected chi connectivity index (χ4v) is 3.76. The van der Waals surface area contributed by atoms with Gasteiger partial charge >= 0.3 is 6.03 Å². The average molecular weight is 374 g/mol. The number of benzene rings is 1. The molecule has 2 aliphatic rings. The monoisotopic (exact) mass is 374 g/mol. The van der Waals surface area contributed by atoms with Crippen molar-refractivity contribution < 1.29 is 19.1 Å². The van der Waals surface area contributed by atoms with Crippen molar-refractivity contribution in [1.82, 2.24) is 15.1 Å². The predicted octanol–water partition coefficient (Wildman–Crippen LogP) is 0.802. The van der Waals surface area contributed by atoms with Gasteiger partial charge in [0, 0.05) is 19.1 Å². The number of amides is 4. The Bertz CT molecular complexity index is 736. The minimum Gasteiger partial charge on any atom is -0.497 e. The van der Waals surface area contributed by atoms with Gasteiger partial charge in [-0.25, -0.2) is 4.79 Å². The number of hydrogen-bond donors (Lipinski definition) is 2. The van der Waals surface area contributed by atoms with E-state index in [2.05, 4.69) is 5.32 Å². The van der Waals surface area contributed by atoms with Crippen LogP contribution in [0.25, 0.3) is 0 Å². The second-order valence-corrected chi connectivity index (χ2v) is 7.15. The molecule has 146 valence electrons. The van der Waals surface area contributed by atoms with E-state index < -0.39 is 17.5 Å². The summed E-state index contributed by atoms with van der Waals surface area (Å²) < 4.78 is 5.13. The highest BCUT2D eigenvalue weighted by Crippen LogP contribution is 2.30. The van der Waals surface area contributed by atoms with Crippen molar-refractivity contribution in [3.63, 3.8) is 0 Å². The molecule has 1 aromatic rings. The van der Waals surface area contributed by atoms with Crippen molar-refractivity contribution in [2.24, 2.45) is 5.73 Å². The second kappa shape index (κ2) is 7.56. The Balaban J connectivity index is 1.76. The summed E-state index contributed by atoms with van der Waals surface area (Å²) in [5, 5.41) is 2.72. The summed E-state index contributed by atoms with van der Waals surface area (Å²) in [5.74, 6) is -0.0240. The Morgan fingerprint density at radius 3 is 2.63 bits per heavy atom. The van der Waals surface area contributed by atoms with Gasteiger partial charge in [-0.05, 0) is 43.9 Å². The van der Waals surface area contributed by atoms with Crippen LogP contribution in [-0.4, -0.2) is 60.4 Å². The number of hydrogen-bond acceptors (Lipinski definition) is 5. The Morgan fingerprint density at radius 1 is 1.30 bits per heavy atom. The van der Waals surface area contributed by atoms with Gasteiger partial charge in [-0.3, -0.25) is 14.5 Å². The van der Waals surface area contributed by atoms with E-state index in [9.17, 15) is 14.4 Å². The molecule has 2 atom stereocenters. The number of piperidine rings is 1. The van der Waals surface area contributed by atoms with Crippen LogP contribution < -0.4 is 15.8 Å². The highest BCUT2D eigenvalue weighted by molar-refractivity contribution is 6.09. The van der Waals surface area contributed by atoms with Gasteiger partial charge in [-0.15, -0.1) is 0 Å². The van der Waals surface area contributed by atoms with Gasteiger partial charge in [0.2, 0.25) is 5.91 Å². The molecule has 8 nitrogen and oxygen atoms in total. The largest absolute Gasteiger partial charge is 0.497 e. The Kier molecular flexibility index (Phi) is 5.36. The van der Waals surface area contributed by atoms with Crippen molar-refractivity contribution in [2.45, 2.75) is 37.8 Å². The van der Waals surface area contributed by atoms with E-state index in [4.69, 9.17) is 10.5 Å². The normalized spacial score (nSPS) is 25.5. The van der Waals surface area contributed by atoms with Crippen LogP contribution in [0.15, 0.2) is 24.3 Å². The van der Waals surface area contributed by atoms with E-state index in [1.165, 1.54) is 0 Å². The first kappa shape index (κ1) is 19.2. The number of urea groups is 1. The number of nitrogens with two attached hydrogens (primary N) is 1. The summed E-state index contributed by atoms with van der Waals surface area (Å²) in [7, 11) is 1.56. The third-order valence-corrected chi connectivity index (χ3v) is 5.46. The summed E-state index contributed by atoms with van der Waals surface area (Å²) >= 11 is 0. The molecule has 8 heteroatoms. The van der Waals surface area contributed by atoms with Gasteiger partial charge in [-0.2, -0.15) is 0 Å². The van der Waals surface area contributed by atoms with E-state index in [0.717, 1.165) is 24.2 Å². The van der Waals surface area contributed by atoms with E-state index in [-0.39, 0.29) is 18.5 Å². The fraction of sp³-hybridized carbons (Fsp3) is 0.526. The molecule has 2 fully saturated rings. The molecule has 0 aromatic heterocycles. The molecule has 4 amide bonds. The number of methoxy groups -OCH3 is 1. The van der Waals surface area contributed by atoms with Crippen LogP contribution in [0.3, 0.4) is 0 Å². The van der Waals surface area contributed by atoms with Gasteiger partial charge in [0.05, 0.1) is 7.11 Å². The first-order valence-electron chi connectivity index (χ1n) is 9.19. The van der Waals surface area contributed by atoms with Crippen molar-refractivity contribution >= 4 is 17.8 Å². The number of ether oxygens (including phenoxy) is 1. The molecule has 2 aliphatic heterocycles. The van der Waals surface area contributed by atoms with Crippen molar-refractivity contribution in [3.8, 4) is 5.75 Å². The van der Waals surface area contributed by atoms with Crippen LogP contribution in [0.4, 0.5) is 4.79 Å². The van der Waals surface area contributed by atoms with Crippen LogP contribution in [0, 0.1) is 0 Å². The lowest BCUT2D eigenvalue weighted by molar-refractivity contribution is -0.141. The summed E-state index contributed by atoms with van der Waals surface area (Å²) in [4.78, 5) is 40.8. The molecule has 2 saturated heterocycles. The van der Waals surface area contributed by atoms with Crippen LogP contribution in [0.1, 0.15) is 31.7 Å². The molecular weight excluding hydrogens is 348 g/mol. The Hall–Kier alpha value is -2.61. The molecule has 0 bridgehead atoms. The van der Waals surface area contributed by atoms with Gasteiger partial charge in [0.1, 0.15) is 17.8 Å². The molecule has 2 unspecified atom stereocenters. The molecule has 0 saturated carbocycles. The highest BCUT2D eigenvalue weighted by atomic mass is 16.5. The number of nitrogens with zero attached hydrogens (tertiary/aromatic N) is 2. The Labute approximate surface area is 158 Å². The number of rotatable bonds is 5. The van der Waals surface area contributed by atoms with E-state index in [1.807, 2.05) is 0 Å². The number of likely N-dealkylation sites (tertiary alicyclic amines) is 1. The van der Waals surface area contributed by atoms with Crippen molar-refractivity contribution in [3.05, 3.63) is 29.8 Å². The first-order chi connectivity index (χ1) is 12.9. The maximum absolute atomic E-state index is 13.0. The van der Waals surface area contributed by atoms with Crippen LogP contribution in [-0.2, 0) is 15.1 Å². The summed E-state index contributed by atoms with van der Waals surface area (Å²) in [6.45, 7) is 2.37. The quantitative estimate of drug-likeness (QED) is 0.742. The topological polar surface area (TPSA) is 105 Å². The lowest BCUT2D eigenvalue weighted by Gasteiger charge is -2.35. The molecule has 1 aromatic carbocycles.